The molecule has 0 saturated heterocycles. The Bertz CT molecular complexity index is 416. The largest absolute Gasteiger partial charge is 0.385 e. The van der Waals surface area contributed by atoms with Crippen molar-refractivity contribution in [2.24, 2.45) is 11.3 Å². The van der Waals surface area contributed by atoms with Crippen LogP contribution in [-0.2, 0) is 5.60 Å². The van der Waals surface area contributed by atoms with E-state index in [4.69, 9.17) is 0 Å². The summed E-state index contributed by atoms with van der Waals surface area (Å²) in [6.07, 6.45) is 4.42. The van der Waals surface area contributed by atoms with Gasteiger partial charge >= 0.3 is 0 Å². The van der Waals surface area contributed by atoms with Crippen molar-refractivity contribution in [3.63, 3.8) is 0 Å². The number of aliphatic hydroxyl groups is 1. The van der Waals surface area contributed by atoms with Crippen LogP contribution in [0.1, 0.15) is 57.6 Å². The van der Waals surface area contributed by atoms with Gasteiger partial charge in [0.2, 0.25) is 0 Å². The number of aryl methyl sites for hydroxylation is 1. The standard InChI is InChI=1S/C17H26O/c1-13-8-7-9-14(12-13)17(18)11-6-5-10-15(17)16(2,3)4/h7-9,12,15,18H,5-6,10-11H2,1-4H3. The van der Waals surface area contributed by atoms with Crippen LogP contribution in [0.4, 0.5) is 0 Å². The van der Waals surface area contributed by atoms with E-state index in [1.165, 1.54) is 12.0 Å². The highest BCUT2D eigenvalue weighted by Gasteiger charge is 2.45. The minimum Gasteiger partial charge on any atom is -0.385 e. The Morgan fingerprint density at radius 1 is 1.22 bits per heavy atom. The molecule has 100 valence electrons. The summed E-state index contributed by atoms with van der Waals surface area (Å²) in [6.45, 7) is 8.86. The maximum Gasteiger partial charge on any atom is 0.0929 e. The minimum absolute atomic E-state index is 0.152. The second-order valence-corrected chi connectivity index (χ2v) is 6.96. The van der Waals surface area contributed by atoms with E-state index in [0.29, 0.717) is 5.92 Å². The summed E-state index contributed by atoms with van der Waals surface area (Å²) in [5.74, 6) is 0.348. The van der Waals surface area contributed by atoms with Gasteiger partial charge in [0.05, 0.1) is 5.60 Å². The van der Waals surface area contributed by atoms with Gasteiger partial charge in [-0.05, 0) is 36.7 Å². The van der Waals surface area contributed by atoms with Crippen molar-refractivity contribution in [1.29, 1.82) is 0 Å². The molecule has 1 aliphatic carbocycles. The maximum absolute atomic E-state index is 11.3. The van der Waals surface area contributed by atoms with Gasteiger partial charge in [0, 0.05) is 0 Å². The van der Waals surface area contributed by atoms with Crippen molar-refractivity contribution in [2.75, 3.05) is 0 Å². The molecule has 2 rings (SSSR count). The van der Waals surface area contributed by atoms with Crippen molar-refractivity contribution >= 4 is 0 Å². The topological polar surface area (TPSA) is 20.2 Å². The minimum atomic E-state index is -0.636. The highest BCUT2D eigenvalue weighted by Crippen LogP contribution is 2.49. The molecule has 0 bridgehead atoms. The summed E-state index contributed by atoms with van der Waals surface area (Å²) in [4.78, 5) is 0. The molecule has 1 saturated carbocycles. The lowest BCUT2D eigenvalue weighted by atomic mass is 9.61. The molecule has 1 aromatic carbocycles. The lowest BCUT2D eigenvalue weighted by Gasteiger charge is -2.47. The van der Waals surface area contributed by atoms with E-state index in [1.807, 2.05) is 0 Å². The van der Waals surface area contributed by atoms with Gasteiger partial charge < -0.3 is 5.11 Å². The van der Waals surface area contributed by atoms with Gasteiger partial charge in [-0.2, -0.15) is 0 Å². The van der Waals surface area contributed by atoms with E-state index >= 15 is 0 Å². The third-order valence-corrected chi connectivity index (χ3v) is 4.44. The molecule has 1 heteroatoms. The van der Waals surface area contributed by atoms with Gasteiger partial charge in [0.1, 0.15) is 0 Å². The molecular weight excluding hydrogens is 220 g/mol. The summed E-state index contributed by atoms with van der Waals surface area (Å²) < 4.78 is 0. The number of hydrogen-bond donors (Lipinski definition) is 1. The van der Waals surface area contributed by atoms with E-state index in [0.717, 1.165) is 24.8 Å². The van der Waals surface area contributed by atoms with E-state index in [2.05, 4.69) is 52.0 Å². The van der Waals surface area contributed by atoms with Crippen LogP contribution in [0.15, 0.2) is 24.3 Å². The Hall–Kier alpha value is -0.820. The SMILES string of the molecule is Cc1cccc(C2(O)CCCCC2C(C)(C)C)c1. The van der Waals surface area contributed by atoms with Gasteiger partial charge in [-0.3, -0.25) is 0 Å². The van der Waals surface area contributed by atoms with Crippen LogP contribution in [0.3, 0.4) is 0 Å². The third-order valence-electron chi connectivity index (χ3n) is 4.44. The van der Waals surface area contributed by atoms with Crippen LogP contribution in [0, 0.1) is 18.3 Å². The molecule has 0 spiro atoms. The summed E-state index contributed by atoms with van der Waals surface area (Å²) >= 11 is 0. The van der Waals surface area contributed by atoms with Crippen LogP contribution in [0.25, 0.3) is 0 Å². The summed E-state index contributed by atoms with van der Waals surface area (Å²) in [5.41, 5.74) is 1.86. The molecule has 1 N–H and O–H groups in total. The van der Waals surface area contributed by atoms with Gasteiger partial charge in [-0.1, -0.05) is 63.4 Å². The average Bonchev–Trinajstić information content (AvgIpc) is 2.28. The molecule has 1 aliphatic rings. The van der Waals surface area contributed by atoms with E-state index < -0.39 is 5.60 Å². The van der Waals surface area contributed by atoms with Crippen molar-refractivity contribution in [2.45, 2.75) is 59.0 Å². The monoisotopic (exact) mass is 246 g/mol. The normalized spacial score (nSPS) is 29.3. The molecule has 0 heterocycles. The molecule has 1 aromatic rings. The van der Waals surface area contributed by atoms with Crippen molar-refractivity contribution in [1.82, 2.24) is 0 Å². The molecule has 2 atom stereocenters. The van der Waals surface area contributed by atoms with Crippen LogP contribution in [0.5, 0.6) is 0 Å². The number of hydrogen-bond acceptors (Lipinski definition) is 1. The van der Waals surface area contributed by atoms with Gasteiger partial charge in [-0.15, -0.1) is 0 Å². The quantitative estimate of drug-likeness (QED) is 0.777. The zero-order valence-corrected chi connectivity index (χ0v) is 12.2. The Labute approximate surface area is 111 Å². The molecule has 0 amide bonds. The van der Waals surface area contributed by atoms with Crippen LogP contribution >= 0.6 is 0 Å². The smallest absolute Gasteiger partial charge is 0.0929 e. The molecule has 1 nitrogen and oxygen atoms in total. The molecule has 0 aliphatic heterocycles. The number of benzene rings is 1. The average molecular weight is 246 g/mol. The predicted octanol–water partition coefficient (Wildman–Crippen LogP) is 4.42. The van der Waals surface area contributed by atoms with Gasteiger partial charge in [0.25, 0.3) is 0 Å². The third kappa shape index (κ3) is 2.47. The molecule has 1 fully saturated rings. The predicted molar refractivity (Wildman–Crippen MR) is 76.5 cm³/mol. The zero-order valence-electron chi connectivity index (χ0n) is 12.2. The number of rotatable bonds is 1. The van der Waals surface area contributed by atoms with Gasteiger partial charge in [-0.25, -0.2) is 0 Å². The first-order valence-corrected chi connectivity index (χ1v) is 7.13. The lowest BCUT2D eigenvalue weighted by Crippen LogP contribution is -2.44. The molecule has 18 heavy (non-hydrogen) atoms. The van der Waals surface area contributed by atoms with Crippen LogP contribution < -0.4 is 0 Å². The molecular formula is C17H26O. The Morgan fingerprint density at radius 3 is 2.56 bits per heavy atom. The first kappa shape index (κ1) is 13.6. The van der Waals surface area contributed by atoms with E-state index in [1.54, 1.807) is 0 Å². The summed E-state index contributed by atoms with van der Waals surface area (Å²) in [7, 11) is 0. The van der Waals surface area contributed by atoms with Gasteiger partial charge in [0.15, 0.2) is 0 Å². The lowest BCUT2D eigenvalue weighted by molar-refractivity contribution is -0.0959. The van der Waals surface area contributed by atoms with Crippen LogP contribution in [-0.4, -0.2) is 5.11 Å². The Balaban J connectivity index is 2.42. The Morgan fingerprint density at radius 2 is 1.94 bits per heavy atom. The molecule has 0 radical (unpaired) electrons. The Kier molecular flexibility index (Phi) is 3.55. The van der Waals surface area contributed by atoms with E-state index in [-0.39, 0.29) is 5.41 Å². The summed E-state index contributed by atoms with van der Waals surface area (Å²) in [5, 5.41) is 11.3. The molecule has 2 unspecified atom stereocenters. The highest BCUT2D eigenvalue weighted by atomic mass is 16.3. The van der Waals surface area contributed by atoms with E-state index in [9.17, 15) is 5.11 Å². The second-order valence-electron chi connectivity index (χ2n) is 6.96. The first-order valence-electron chi connectivity index (χ1n) is 7.13. The van der Waals surface area contributed by atoms with Crippen molar-refractivity contribution in [3.05, 3.63) is 35.4 Å². The molecule has 0 aromatic heterocycles. The summed E-state index contributed by atoms with van der Waals surface area (Å²) in [6, 6.07) is 8.42. The second kappa shape index (κ2) is 4.70. The van der Waals surface area contributed by atoms with Crippen molar-refractivity contribution in [3.8, 4) is 0 Å². The van der Waals surface area contributed by atoms with Crippen LogP contribution in [0.2, 0.25) is 0 Å². The first-order chi connectivity index (χ1) is 8.34. The maximum atomic E-state index is 11.3. The fourth-order valence-electron chi connectivity index (χ4n) is 3.57. The fraction of sp³-hybridized carbons (Fsp3) is 0.647. The fourth-order valence-corrected chi connectivity index (χ4v) is 3.57. The highest BCUT2D eigenvalue weighted by molar-refractivity contribution is 5.29. The zero-order chi connectivity index (χ0) is 13.4. The van der Waals surface area contributed by atoms with Crippen molar-refractivity contribution < 1.29 is 5.11 Å².